The van der Waals surface area contributed by atoms with Gasteiger partial charge in [-0.25, -0.2) is 4.98 Å². The third-order valence-electron chi connectivity index (χ3n) is 3.41. The highest BCUT2D eigenvalue weighted by Crippen LogP contribution is 2.48. The van der Waals surface area contributed by atoms with Crippen molar-refractivity contribution >= 4 is 11.7 Å². The smallest absolute Gasteiger partial charge is 0.252 e. The van der Waals surface area contributed by atoms with Crippen LogP contribution in [-0.2, 0) is 0 Å². The Morgan fingerprint density at radius 3 is 2.94 bits per heavy atom. The molecule has 1 fully saturated rings. The highest BCUT2D eigenvalue weighted by Gasteiger charge is 2.40. The molecule has 1 aliphatic rings. The number of pyridine rings is 1. The molecule has 0 aromatic carbocycles. The number of rotatable bonds is 5. The van der Waals surface area contributed by atoms with Crippen molar-refractivity contribution in [2.24, 2.45) is 11.1 Å². The monoisotopic (exact) mass is 219 g/mol. The zero-order valence-corrected chi connectivity index (χ0v) is 9.49. The lowest BCUT2D eigenvalue weighted by Crippen LogP contribution is -2.19. The van der Waals surface area contributed by atoms with Crippen LogP contribution in [0.1, 0.15) is 36.5 Å². The lowest BCUT2D eigenvalue weighted by Gasteiger charge is -2.15. The maximum Gasteiger partial charge on any atom is 0.252 e. The molecule has 0 aliphatic heterocycles. The Hall–Kier alpha value is -1.58. The predicted octanol–water partition coefficient (Wildman–Crippen LogP) is 1.78. The quantitative estimate of drug-likeness (QED) is 0.793. The van der Waals surface area contributed by atoms with E-state index in [-0.39, 0.29) is 0 Å². The number of primary amides is 1. The third-order valence-corrected chi connectivity index (χ3v) is 3.41. The number of hydrogen-bond donors (Lipinski definition) is 2. The van der Waals surface area contributed by atoms with Gasteiger partial charge in [-0.1, -0.05) is 6.92 Å². The van der Waals surface area contributed by atoms with E-state index in [0.29, 0.717) is 16.8 Å². The Labute approximate surface area is 95.3 Å². The van der Waals surface area contributed by atoms with Crippen molar-refractivity contribution in [2.75, 3.05) is 11.9 Å². The van der Waals surface area contributed by atoms with Gasteiger partial charge < -0.3 is 11.1 Å². The van der Waals surface area contributed by atoms with Crippen LogP contribution in [0.4, 0.5) is 5.82 Å². The number of amides is 1. The molecule has 0 unspecified atom stereocenters. The second kappa shape index (κ2) is 4.12. The Kier molecular flexibility index (Phi) is 2.81. The zero-order valence-electron chi connectivity index (χ0n) is 9.49. The molecule has 1 amide bonds. The topological polar surface area (TPSA) is 68.0 Å². The molecule has 0 saturated heterocycles. The van der Waals surface area contributed by atoms with Crippen molar-refractivity contribution in [2.45, 2.75) is 26.2 Å². The van der Waals surface area contributed by atoms with E-state index in [1.54, 1.807) is 18.3 Å². The van der Waals surface area contributed by atoms with Crippen LogP contribution < -0.4 is 11.1 Å². The van der Waals surface area contributed by atoms with Crippen LogP contribution >= 0.6 is 0 Å². The summed E-state index contributed by atoms with van der Waals surface area (Å²) in [6.45, 7) is 3.07. The van der Waals surface area contributed by atoms with E-state index in [2.05, 4.69) is 17.2 Å². The lowest BCUT2D eigenvalue weighted by atomic mass is 10.0. The second-order valence-corrected chi connectivity index (χ2v) is 4.47. The fourth-order valence-corrected chi connectivity index (χ4v) is 1.85. The molecule has 4 heteroatoms. The number of anilines is 1. The summed E-state index contributed by atoms with van der Waals surface area (Å²) < 4.78 is 0. The lowest BCUT2D eigenvalue weighted by molar-refractivity contribution is 0.100. The van der Waals surface area contributed by atoms with Gasteiger partial charge in [-0.3, -0.25) is 4.79 Å². The minimum Gasteiger partial charge on any atom is -0.369 e. The zero-order chi connectivity index (χ0) is 11.6. The van der Waals surface area contributed by atoms with Crippen LogP contribution in [0, 0.1) is 5.41 Å². The molecule has 1 aliphatic carbocycles. The van der Waals surface area contributed by atoms with Crippen LogP contribution in [0.15, 0.2) is 18.3 Å². The van der Waals surface area contributed by atoms with Crippen molar-refractivity contribution in [3.8, 4) is 0 Å². The van der Waals surface area contributed by atoms with E-state index in [1.807, 2.05) is 0 Å². The highest BCUT2D eigenvalue weighted by molar-refractivity contribution is 5.97. The van der Waals surface area contributed by atoms with Gasteiger partial charge in [0, 0.05) is 12.7 Å². The second-order valence-electron chi connectivity index (χ2n) is 4.47. The van der Waals surface area contributed by atoms with E-state index >= 15 is 0 Å². The molecular weight excluding hydrogens is 202 g/mol. The summed E-state index contributed by atoms with van der Waals surface area (Å²) in [5.74, 6) is 0.173. The van der Waals surface area contributed by atoms with Crippen molar-refractivity contribution in [3.05, 3.63) is 23.9 Å². The van der Waals surface area contributed by atoms with Crippen LogP contribution in [0.3, 0.4) is 0 Å². The molecule has 0 radical (unpaired) electrons. The average Bonchev–Trinajstić information content (AvgIpc) is 3.07. The van der Waals surface area contributed by atoms with E-state index < -0.39 is 5.91 Å². The van der Waals surface area contributed by atoms with Gasteiger partial charge in [-0.05, 0) is 36.8 Å². The van der Waals surface area contributed by atoms with Gasteiger partial charge in [0.1, 0.15) is 5.82 Å². The van der Waals surface area contributed by atoms with Crippen molar-refractivity contribution < 1.29 is 4.79 Å². The SMILES string of the molecule is CCC1(CNc2ncccc2C(N)=O)CC1. The molecule has 2 rings (SSSR count). The van der Waals surface area contributed by atoms with Gasteiger partial charge in [0.15, 0.2) is 0 Å². The number of carbonyl (C=O) groups excluding carboxylic acids is 1. The minimum absolute atomic E-state index is 0.423. The normalized spacial score (nSPS) is 16.8. The maximum absolute atomic E-state index is 11.2. The summed E-state index contributed by atoms with van der Waals surface area (Å²) in [7, 11) is 0. The highest BCUT2D eigenvalue weighted by atomic mass is 16.1. The Bertz CT molecular complexity index is 399. The van der Waals surface area contributed by atoms with Crippen molar-refractivity contribution in [1.29, 1.82) is 0 Å². The van der Waals surface area contributed by atoms with Gasteiger partial charge in [-0.2, -0.15) is 0 Å². The average molecular weight is 219 g/mol. The van der Waals surface area contributed by atoms with Crippen molar-refractivity contribution in [3.63, 3.8) is 0 Å². The predicted molar refractivity (Wildman–Crippen MR) is 63.2 cm³/mol. The molecule has 0 bridgehead atoms. The van der Waals surface area contributed by atoms with Crippen LogP contribution in [0.5, 0.6) is 0 Å². The number of nitrogens with one attached hydrogen (secondary N) is 1. The minimum atomic E-state index is -0.433. The molecule has 0 spiro atoms. The first-order chi connectivity index (χ1) is 7.67. The summed E-state index contributed by atoms with van der Waals surface area (Å²) in [5.41, 5.74) is 6.17. The van der Waals surface area contributed by atoms with E-state index in [1.165, 1.54) is 19.3 Å². The molecule has 1 aromatic heterocycles. The summed E-state index contributed by atoms with van der Waals surface area (Å²) >= 11 is 0. The summed E-state index contributed by atoms with van der Waals surface area (Å²) in [6, 6.07) is 3.42. The van der Waals surface area contributed by atoms with Crippen LogP contribution in [0.2, 0.25) is 0 Å². The maximum atomic E-state index is 11.2. The molecular formula is C12H17N3O. The number of hydrogen-bond acceptors (Lipinski definition) is 3. The fourth-order valence-electron chi connectivity index (χ4n) is 1.85. The first-order valence-corrected chi connectivity index (χ1v) is 5.65. The van der Waals surface area contributed by atoms with Gasteiger partial charge >= 0.3 is 0 Å². The summed E-state index contributed by atoms with van der Waals surface area (Å²) in [6.07, 6.45) is 5.35. The molecule has 1 saturated carbocycles. The molecule has 1 heterocycles. The number of aromatic nitrogens is 1. The molecule has 1 aromatic rings. The van der Waals surface area contributed by atoms with E-state index in [0.717, 1.165) is 6.54 Å². The first kappa shape index (κ1) is 10.9. The Morgan fingerprint density at radius 2 is 2.38 bits per heavy atom. The van der Waals surface area contributed by atoms with E-state index in [4.69, 9.17) is 5.73 Å². The van der Waals surface area contributed by atoms with Gasteiger partial charge in [-0.15, -0.1) is 0 Å². The third kappa shape index (κ3) is 2.15. The van der Waals surface area contributed by atoms with Gasteiger partial charge in [0.2, 0.25) is 0 Å². The number of nitrogens with zero attached hydrogens (tertiary/aromatic N) is 1. The van der Waals surface area contributed by atoms with Crippen LogP contribution in [-0.4, -0.2) is 17.4 Å². The standard InChI is InChI=1S/C12H17N3O/c1-2-12(5-6-12)8-15-11-9(10(13)16)4-3-7-14-11/h3-4,7H,2,5-6,8H2,1H3,(H2,13,16)(H,14,15). The van der Waals surface area contributed by atoms with Crippen LogP contribution in [0.25, 0.3) is 0 Å². The first-order valence-electron chi connectivity index (χ1n) is 5.65. The fraction of sp³-hybridized carbons (Fsp3) is 0.500. The largest absolute Gasteiger partial charge is 0.369 e. The molecule has 0 atom stereocenters. The number of carbonyl (C=O) groups is 1. The molecule has 86 valence electrons. The van der Waals surface area contributed by atoms with E-state index in [9.17, 15) is 4.79 Å². The Morgan fingerprint density at radius 1 is 1.62 bits per heavy atom. The van der Waals surface area contributed by atoms with Crippen molar-refractivity contribution in [1.82, 2.24) is 4.98 Å². The van der Waals surface area contributed by atoms with Gasteiger partial charge in [0.25, 0.3) is 5.91 Å². The molecule has 4 nitrogen and oxygen atoms in total. The van der Waals surface area contributed by atoms with Gasteiger partial charge in [0.05, 0.1) is 5.56 Å². The number of nitrogens with two attached hydrogens (primary N) is 1. The Balaban J connectivity index is 2.06. The summed E-state index contributed by atoms with van der Waals surface area (Å²) in [4.78, 5) is 15.3. The molecule has 16 heavy (non-hydrogen) atoms. The molecule has 3 N–H and O–H groups in total. The summed E-state index contributed by atoms with van der Waals surface area (Å²) in [5, 5.41) is 3.24.